The number of furan rings is 1. The number of amides is 1. The smallest absolute Gasteiger partial charge is 0.295 e. The molecule has 2 heterocycles. The second-order valence-electron chi connectivity index (χ2n) is 5.75. The van der Waals surface area contributed by atoms with Crippen LogP contribution in [0.25, 0.3) is 21.2 Å². The zero-order chi connectivity index (χ0) is 17.6. The summed E-state index contributed by atoms with van der Waals surface area (Å²) in [6.07, 6.45) is 0. The minimum Gasteiger partial charge on any atom is -0.497 e. The van der Waals surface area contributed by atoms with E-state index < -0.39 is 0 Å². The molecule has 0 aliphatic rings. The van der Waals surface area contributed by atoms with Crippen LogP contribution < -0.4 is 9.64 Å². The van der Waals surface area contributed by atoms with Crippen LogP contribution in [0.1, 0.15) is 16.1 Å². The van der Waals surface area contributed by atoms with Crippen molar-refractivity contribution in [2.24, 2.45) is 0 Å². The van der Waals surface area contributed by atoms with Crippen molar-refractivity contribution >= 4 is 43.6 Å². The second-order valence-corrected chi connectivity index (χ2v) is 6.76. The fraction of sp³-hybridized carbons (Fsp3) is 0.158. The number of aryl methyl sites for hydroxylation is 1. The number of fused-ring (bicyclic) bond motifs is 2. The third-order valence-corrected chi connectivity index (χ3v) is 5.32. The van der Waals surface area contributed by atoms with Crippen molar-refractivity contribution in [3.8, 4) is 5.75 Å². The second kappa shape index (κ2) is 5.89. The highest BCUT2D eigenvalue weighted by Crippen LogP contribution is 2.32. The van der Waals surface area contributed by atoms with Gasteiger partial charge < -0.3 is 9.15 Å². The van der Waals surface area contributed by atoms with Crippen molar-refractivity contribution in [3.05, 3.63) is 53.8 Å². The molecule has 0 saturated carbocycles. The van der Waals surface area contributed by atoms with Gasteiger partial charge in [-0.25, -0.2) is 4.98 Å². The van der Waals surface area contributed by atoms with E-state index in [4.69, 9.17) is 9.15 Å². The van der Waals surface area contributed by atoms with Crippen LogP contribution in [0.4, 0.5) is 5.13 Å². The summed E-state index contributed by atoms with van der Waals surface area (Å²) in [5.74, 6) is 0.839. The Morgan fingerprint density at radius 3 is 2.80 bits per heavy atom. The molecule has 0 fully saturated rings. The van der Waals surface area contributed by atoms with E-state index in [0.717, 1.165) is 26.9 Å². The lowest BCUT2D eigenvalue weighted by molar-refractivity contribution is 0.0968. The Hall–Kier alpha value is -2.86. The molecule has 0 radical (unpaired) electrons. The van der Waals surface area contributed by atoms with Gasteiger partial charge in [-0.2, -0.15) is 0 Å². The molecule has 0 atom stereocenters. The van der Waals surface area contributed by atoms with Crippen LogP contribution >= 0.6 is 11.3 Å². The first kappa shape index (κ1) is 15.7. The van der Waals surface area contributed by atoms with Gasteiger partial charge >= 0.3 is 0 Å². The summed E-state index contributed by atoms with van der Waals surface area (Å²) in [4.78, 5) is 19.0. The van der Waals surface area contributed by atoms with E-state index in [9.17, 15) is 4.79 Å². The molecule has 2 aromatic carbocycles. The van der Waals surface area contributed by atoms with Crippen LogP contribution in [0.15, 0.2) is 46.9 Å². The topological polar surface area (TPSA) is 55.6 Å². The number of benzene rings is 2. The molecule has 4 rings (SSSR count). The number of aromatic nitrogens is 1. The number of nitrogens with zero attached hydrogens (tertiary/aromatic N) is 2. The van der Waals surface area contributed by atoms with Crippen LogP contribution in [0.2, 0.25) is 0 Å². The van der Waals surface area contributed by atoms with Crippen LogP contribution in [-0.2, 0) is 0 Å². The molecule has 5 nitrogen and oxygen atoms in total. The lowest BCUT2D eigenvalue weighted by atomic mass is 10.1. The van der Waals surface area contributed by atoms with Gasteiger partial charge in [0.25, 0.3) is 5.91 Å². The first-order valence-electron chi connectivity index (χ1n) is 7.79. The maximum Gasteiger partial charge on any atom is 0.295 e. The predicted octanol–water partition coefficient (Wildman–Crippen LogP) is 4.64. The largest absolute Gasteiger partial charge is 0.497 e. The number of rotatable bonds is 3. The van der Waals surface area contributed by atoms with E-state index >= 15 is 0 Å². The lowest BCUT2D eigenvalue weighted by Gasteiger charge is -2.12. The number of ether oxygens (including phenoxy) is 1. The molecule has 0 aliphatic heterocycles. The Morgan fingerprint density at radius 2 is 2.04 bits per heavy atom. The van der Waals surface area contributed by atoms with Crippen LogP contribution in [0.5, 0.6) is 5.75 Å². The van der Waals surface area contributed by atoms with Gasteiger partial charge in [-0.1, -0.05) is 23.5 Å². The molecule has 0 spiro atoms. The molecular formula is C19H16N2O3S. The molecule has 2 aromatic heterocycles. The van der Waals surface area contributed by atoms with Gasteiger partial charge in [0.15, 0.2) is 10.9 Å². The van der Waals surface area contributed by atoms with Crippen molar-refractivity contribution in [2.45, 2.75) is 6.92 Å². The van der Waals surface area contributed by atoms with E-state index in [-0.39, 0.29) is 5.91 Å². The molecular weight excluding hydrogens is 336 g/mol. The number of thiazole rings is 1. The van der Waals surface area contributed by atoms with Gasteiger partial charge in [-0.3, -0.25) is 9.69 Å². The first-order chi connectivity index (χ1) is 12.1. The number of hydrogen-bond acceptors (Lipinski definition) is 5. The highest BCUT2D eigenvalue weighted by Gasteiger charge is 2.24. The van der Waals surface area contributed by atoms with Gasteiger partial charge in [0.1, 0.15) is 11.3 Å². The van der Waals surface area contributed by atoms with Crippen LogP contribution in [0, 0.1) is 6.92 Å². The molecule has 25 heavy (non-hydrogen) atoms. The van der Waals surface area contributed by atoms with Gasteiger partial charge in [0.2, 0.25) is 0 Å². The van der Waals surface area contributed by atoms with Gasteiger partial charge in [-0.15, -0.1) is 0 Å². The molecule has 0 aliphatic carbocycles. The van der Waals surface area contributed by atoms with Gasteiger partial charge in [0, 0.05) is 18.0 Å². The first-order valence-corrected chi connectivity index (χ1v) is 8.61. The third-order valence-electron chi connectivity index (χ3n) is 4.21. The Balaban J connectivity index is 1.74. The number of carbonyl (C=O) groups is 1. The summed E-state index contributed by atoms with van der Waals surface area (Å²) in [6.45, 7) is 1.88. The summed E-state index contributed by atoms with van der Waals surface area (Å²) >= 11 is 1.48. The Bertz CT molecular complexity index is 1060. The standard InChI is InChI=1S/C19H16N2O3S/c1-11-13-10-12(23-3)8-9-15(13)24-17(11)18(22)21(2)19-20-14-6-4-5-7-16(14)25-19/h4-10H,1-3H3. The summed E-state index contributed by atoms with van der Waals surface area (Å²) in [5.41, 5.74) is 2.35. The Morgan fingerprint density at radius 1 is 1.24 bits per heavy atom. The highest BCUT2D eigenvalue weighted by atomic mass is 32.1. The lowest BCUT2D eigenvalue weighted by Crippen LogP contribution is -2.26. The average molecular weight is 352 g/mol. The normalized spacial score (nSPS) is 11.2. The summed E-state index contributed by atoms with van der Waals surface area (Å²) in [6, 6.07) is 13.3. The molecule has 0 saturated heterocycles. The molecule has 1 amide bonds. The van der Waals surface area contributed by atoms with E-state index in [2.05, 4.69) is 4.98 Å². The monoisotopic (exact) mass is 352 g/mol. The molecule has 0 unspecified atom stereocenters. The number of hydrogen-bond donors (Lipinski definition) is 0. The van der Waals surface area contributed by atoms with E-state index in [1.165, 1.54) is 16.2 Å². The average Bonchev–Trinajstić information content (AvgIpc) is 3.21. The number of carbonyl (C=O) groups excluding carboxylic acids is 1. The highest BCUT2D eigenvalue weighted by molar-refractivity contribution is 7.22. The van der Waals surface area contributed by atoms with Crippen molar-refractivity contribution < 1.29 is 13.9 Å². The summed E-state index contributed by atoms with van der Waals surface area (Å²) in [5, 5.41) is 1.52. The summed E-state index contributed by atoms with van der Waals surface area (Å²) < 4.78 is 12.1. The van der Waals surface area contributed by atoms with Gasteiger partial charge in [0.05, 0.1) is 17.3 Å². The van der Waals surface area contributed by atoms with Crippen molar-refractivity contribution in [3.63, 3.8) is 0 Å². The maximum absolute atomic E-state index is 12.9. The Kier molecular flexibility index (Phi) is 3.69. The number of anilines is 1. The van der Waals surface area contributed by atoms with Crippen molar-refractivity contribution in [1.82, 2.24) is 4.98 Å². The Labute approximate surface area is 148 Å². The van der Waals surface area contributed by atoms with Gasteiger partial charge in [-0.05, 0) is 37.3 Å². The zero-order valence-corrected chi connectivity index (χ0v) is 14.9. The molecule has 126 valence electrons. The van der Waals surface area contributed by atoms with Crippen LogP contribution in [-0.4, -0.2) is 25.0 Å². The molecule has 4 aromatic rings. The molecule has 0 bridgehead atoms. The zero-order valence-electron chi connectivity index (χ0n) is 14.1. The fourth-order valence-electron chi connectivity index (χ4n) is 2.77. The SMILES string of the molecule is COc1ccc2oc(C(=O)N(C)c3nc4ccccc4s3)c(C)c2c1. The third kappa shape index (κ3) is 2.55. The molecule has 0 N–H and O–H groups in total. The minimum absolute atomic E-state index is 0.216. The number of methoxy groups -OCH3 is 1. The van der Waals surface area contributed by atoms with Crippen molar-refractivity contribution in [1.29, 1.82) is 0 Å². The van der Waals surface area contributed by atoms with Crippen LogP contribution in [0.3, 0.4) is 0 Å². The predicted molar refractivity (Wildman–Crippen MR) is 99.9 cm³/mol. The summed E-state index contributed by atoms with van der Waals surface area (Å²) in [7, 11) is 3.33. The quantitative estimate of drug-likeness (QED) is 0.539. The number of para-hydroxylation sites is 1. The van der Waals surface area contributed by atoms with E-state index in [0.29, 0.717) is 16.5 Å². The van der Waals surface area contributed by atoms with E-state index in [1.807, 2.05) is 49.4 Å². The fourth-order valence-corrected chi connectivity index (χ4v) is 3.70. The molecule has 6 heteroatoms. The van der Waals surface area contributed by atoms with Crippen molar-refractivity contribution in [2.75, 3.05) is 19.1 Å². The van der Waals surface area contributed by atoms with E-state index in [1.54, 1.807) is 14.2 Å². The minimum atomic E-state index is -0.216. The maximum atomic E-state index is 12.9.